The maximum atomic E-state index is 12.6. The molecular formula is C19H28N4O2. The first kappa shape index (κ1) is 17.9. The van der Waals surface area contributed by atoms with Crippen molar-refractivity contribution in [2.24, 2.45) is 11.3 Å². The molecule has 1 aromatic rings. The van der Waals surface area contributed by atoms with Gasteiger partial charge in [0.2, 0.25) is 11.8 Å². The maximum Gasteiger partial charge on any atom is 0.225 e. The second-order valence-corrected chi connectivity index (χ2v) is 7.91. The Morgan fingerprint density at radius 2 is 2.08 bits per heavy atom. The van der Waals surface area contributed by atoms with Crippen molar-refractivity contribution in [1.82, 2.24) is 19.7 Å². The van der Waals surface area contributed by atoms with Gasteiger partial charge in [-0.25, -0.2) is 0 Å². The van der Waals surface area contributed by atoms with Crippen LogP contribution in [-0.2, 0) is 16.1 Å². The van der Waals surface area contributed by atoms with Crippen molar-refractivity contribution in [3.05, 3.63) is 30.1 Å². The van der Waals surface area contributed by atoms with Crippen LogP contribution in [0.5, 0.6) is 0 Å². The molecule has 2 aliphatic heterocycles. The van der Waals surface area contributed by atoms with Crippen molar-refractivity contribution in [2.75, 3.05) is 39.8 Å². The molecule has 136 valence electrons. The molecule has 0 aliphatic carbocycles. The molecule has 1 atom stereocenters. The number of nitrogens with zero attached hydrogens (tertiary/aromatic N) is 4. The predicted octanol–water partition coefficient (Wildman–Crippen LogP) is 1.23. The quantitative estimate of drug-likeness (QED) is 0.828. The molecule has 1 aromatic heterocycles. The molecule has 2 amide bonds. The van der Waals surface area contributed by atoms with Crippen LogP contribution in [0.2, 0.25) is 0 Å². The summed E-state index contributed by atoms with van der Waals surface area (Å²) in [5.74, 6) is 0.349. The molecule has 0 saturated carbocycles. The van der Waals surface area contributed by atoms with Crippen molar-refractivity contribution >= 4 is 11.8 Å². The number of amides is 2. The summed E-state index contributed by atoms with van der Waals surface area (Å²) in [5, 5.41) is 0. The lowest BCUT2D eigenvalue weighted by Gasteiger charge is -2.34. The Bertz CT molecular complexity index is 634. The molecule has 0 N–H and O–H groups in total. The largest absolute Gasteiger partial charge is 0.345 e. The van der Waals surface area contributed by atoms with Crippen LogP contribution in [0.15, 0.2) is 24.5 Å². The van der Waals surface area contributed by atoms with Crippen LogP contribution in [-0.4, -0.2) is 71.3 Å². The number of pyridine rings is 1. The van der Waals surface area contributed by atoms with Crippen molar-refractivity contribution in [1.29, 1.82) is 0 Å². The van der Waals surface area contributed by atoms with Gasteiger partial charge in [0.1, 0.15) is 0 Å². The van der Waals surface area contributed by atoms with Crippen molar-refractivity contribution in [3.8, 4) is 0 Å². The Balaban J connectivity index is 1.81. The van der Waals surface area contributed by atoms with Crippen LogP contribution in [0.4, 0.5) is 0 Å². The second kappa shape index (κ2) is 7.12. The van der Waals surface area contributed by atoms with Gasteiger partial charge < -0.3 is 9.80 Å². The Morgan fingerprint density at radius 3 is 2.68 bits per heavy atom. The zero-order valence-electron chi connectivity index (χ0n) is 15.4. The normalized spacial score (nSPS) is 25.0. The first-order valence-corrected chi connectivity index (χ1v) is 9.03. The molecule has 1 spiro atoms. The highest BCUT2D eigenvalue weighted by Crippen LogP contribution is 2.35. The summed E-state index contributed by atoms with van der Waals surface area (Å²) in [5.41, 5.74) is 0.994. The van der Waals surface area contributed by atoms with Gasteiger partial charge in [0.05, 0.1) is 0 Å². The number of likely N-dealkylation sites (tertiary alicyclic amines) is 1. The standard InChI is InChI=1S/C19H28N4O2/c1-15(2)18(25)23-8-7-22(11-16-5-4-6-20-10-16)13-19(14-23)9-17(24)21(3)12-19/h4-6,10,15H,7-9,11-14H2,1-3H3/t19-/m1/s1. The van der Waals surface area contributed by atoms with E-state index in [1.165, 1.54) is 5.56 Å². The molecular weight excluding hydrogens is 316 g/mol. The smallest absolute Gasteiger partial charge is 0.225 e. The summed E-state index contributed by atoms with van der Waals surface area (Å²) >= 11 is 0. The predicted molar refractivity (Wildman–Crippen MR) is 95.6 cm³/mol. The van der Waals surface area contributed by atoms with E-state index in [2.05, 4.69) is 16.0 Å². The first-order valence-electron chi connectivity index (χ1n) is 9.03. The summed E-state index contributed by atoms with van der Waals surface area (Å²) in [7, 11) is 1.86. The summed E-state index contributed by atoms with van der Waals surface area (Å²) in [6.07, 6.45) is 4.19. The lowest BCUT2D eigenvalue weighted by atomic mass is 9.85. The van der Waals surface area contributed by atoms with Crippen LogP contribution in [0.1, 0.15) is 25.8 Å². The van der Waals surface area contributed by atoms with Crippen LogP contribution >= 0.6 is 0 Å². The van der Waals surface area contributed by atoms with Crippen molar-refractivity contribution < 1.29 is 9.59 Å². The molecule has 0 radical (unpaired) electrons. The fraction of sp³-hybridized carbons (Fsp3) is 0.632. The zero-order chi connectivity index (χ0) is 18.0. The molecule has 2 aliphatic rings. The topological polar surface area (TPSA) is 56.8 Å². The van der Waals surface area contributed by atoms with Gasteiger partial charge in [0.15, 0.2) is 0 Å². The SMILES string of the molecule is CC(C)C(=O)N1CCN(Cc2cccnc2)C[C@]2(CC(=O)N(C)C2)C1. The summed E-state index contributed by atoms with van der Waals surface area (Å²) in [4.78, 5) is 35.2. The molecule has 25 heavy (non-hydrogen) atoms. The van der Waals surface area contributed by atoms with Gasteiger partial charge in [-0.1, -0.05) is 19.9 Å². The van der Waals surface area contributed by atoms with Gasteiger partial charge in [-0.3, -0.25) is 19.5 Å². The average molecular weight is 344 g/mol. The van der Waals surface area contributed by atoms with Crippen LogP contribution in [0.25, 0.3) is 0 Å². The average Bonchev–Trinajstić information content (AvgIpc) is 2.74. The Morgan fingerprint density at radius 1 is 1.28 bits per heavy atom. The summed E-state index contributed by atoms with van der Waals surface area (Å²) in [6, 6.07) is 4.03. The molecule has 3 rings (SSSR count). The van der Waals surface area contributed by atoms with E-state index < -0.39 is 0 Å². The van der Waals surface area contributed by atoms with Crippen LogP contribution < -0.4 is 0 Å². The van der Waals surface area contributed by atoms with Gasteiger partial charge >= 0.3 is 0 Å². The van der Waals surface area contributed by atoms with E-state index in [9.17, 15) is 9.59 Å². The number of hydrogen-bond acceptors (Lipinski definition) is 4. The van der Waals surface area contributed by atoms with Gasteiger partial charge in [0, 0.05) is 76.5 Å². The second-order valence-electron chi connectivity index (χ2n) is 7.91. The van der Waals surface area contributed by atoms with E-state index in [0.29, 0.717) is 13.0 Å². The Hall–Kier alpha value is -1.95. The van der Waals surface area contributed by atoms with E-state index in [0.717, 1.165) is 32.7 Å². The summed E-state index contributed by atoms with van der Waals surface area (Å²) < 4.78 is 0. The minimum Gasteiger partial charge on any atom is -0.345 e. The van der Waals surface area contributed by atoms with E-state index in [1.807, 2.05) is 43.0 Å². The highest BCUT2D eigenvalue weighted by Gasteiger charge is 2.46. The monoisotopic (exact) mass is 344 g/mol. The minimum absolute atomic E-state index is 0.0169. The lowest BCUT2D eigenvalue weighted by Crippen LogP contribution is -2.45. The molecule has 2 saturated heterocycles. The molecule has 6 nitrogen and oxygen atoms in total. The third-order valence-electron chi connectivity index (χ3n) is 5.23. The molecule has 0 bridgehead atoms. The van der Waals surface area contributed by atoms with Gasteiger partial charge in [-0.05, 0) is 11.6 Å². The number of rotatable bonds is 3. The summed E-state index contributed by atoms with van der Waals surface area (Å²) in [6.45, 7) is 8.46. The number of carbonyl (C=O) groups excluding carboxylic acids is 2. The first-order chi connectivity index (χ1) is 11.9. The highest BCUT2D eigenvalue weighted by atomic mass is 16.2. The third-order valence-corrected chi connectivity index (χ3v) is 5.23. The molecule has 6 heteroatoms. The van der Waals surface area contributed by atoms with Crippen LogP contribution in [0, 0.1) is 11.3 Å². The van der Waals surface area contributed by atoms with E-state index in [-0.39, 0.29) is 23.1 Å². The fourth-order valence-corrected chi connectivity index (χ4v) is 4.10. The minimum atomic E-state index is -0.172. The fourth-order valence-electron chi connectivity index (χ4n) is 4.10. The Kier molecular flexibility index (Phi) is 5.08. The highest BCUT2D eigenvalue weighted by molar-refractivity contribution is 5.80. The number of carbonyl (C=O) groups is 2. The zero-order valence-corrected chi connectivity index (χ0v) is 15.4. The van der Waals surface area contributed by atoms with Gasteiger partial charge in [-0.15, -0.1) is 0 Å². The van der Waals surface area contributed by atoms with E-state index >= 15 is 0 Å². The third kappa shape index (κ3) is 4.00. The molecule has 0 unspecified atom stereocenters. The van der Waals surface area contributed by atoms with Crippen molar-refractivity contribution in [3.63, 3.8) is 0 Å². The number of hydrogen-bond donors (Lipinski definition) is 0. The van der Waals surface area contributed by atoms with E-state index in [4.69, 9.17) is 0 Å². The van der Waals surface area contributed by atoms with Gasteiger partial charge in [-0.2, -0.15) is 0 Å². The van der Waals surface area contributed by atoms with E-state index in [1.54, 1.807) is 6.20 Å². The lowest BCUT2D eigenvalue weighted by molar-refractivity contribution is -0.135. The molecule has 0 aromatic carbocycles. The van der Waals surface area contributed by atoms with Crippen molar-refractivity contribution in [2.45, 2.75) is 26.8 Å². The molecule has 2 fully saturated rings. The maximum absolute atomic E-state index is 12.6. The Labute approximate surface area is 149 Å². The van der Waals surface area contributed by atoms with Gasteiger partial charge in [0.25, 0.3) is 0 Å². The van der Waals surface area contributed by atoms with Crippen LogP contribution in [0.3, 0.4) is 0 Å². The molecule has 3 heterocycles. The number of aromatic nitrogens is 1.